The van der Waals surface area contributed by atoms with Gasteiger partial charge in [0.15, 0.2) is 0 Å². The van der Waals surface area contributed by atoms with Gasteiger partial charge < -0.3 is 19.9 Å². The Morgan fingerprint density at radius 2 is 2.20 bits per heavy atom. The predicted octanol–water partition coefficient (Wildman–Crippen LogP) is 1.95. The minimum Gasteiger partial charge on any atom is -0.444 e. The molecule has 2 aliphatic rings. The fourth-order valence-electron chi connectivity index (χ4n) is 3.56. The normalized spacial score (nSPS) is 23.3. The van der Waals surface area contributed by atoms with Gasteiger partial charge in [-0.15, -0.1) is 0 Å². The number of piperidine rings is 1. The Morgan fingerprint density at radius 3 is 2.88 bits per heavy atom. The van der Waals surface area contributed by atoms with Crippen LogP contribution < -0.4 is 5.32 Å². The molecule has 0 aliphatic carbocycles. The minimum atomic E-state index is -0.508. The van der Waals surface area contributed by atoms with Gasteiger partial charge >= 0.3 is 12.1 Å². The lowest BCUT2D eigenvalue weighted by Gasteiger charge is -2.36. The fraction of sp³-hybridized carbons (Fsp3) is 0.706. The van der Waals surface area contributed by atoms with Gasteiger partial charge in [-0.25, -0.2) is 9.59 Å². The van der Waals surface area contributed by atoms with Crippen molar-refractivity contribution in [3.63, 3.8) is 0 Å². The van der Waals surface area contributed by atoms with Crippen molar-refractivity contribution in [2.24, 2.45) is 5.92 Å². The summed E-state index contributed by atoms with van der Waals surface area (Å²) in [6.45, 7) is 7.93. The number of H-pyrrole nitrogens is 1. The highest BCUT2D eigenvalue weighted by atomic mass is 16.6. The number of carbonyl (C=O) groups is 2. The number of nitrogens with one attached hydrogen (secondary N) is 2. The van der Waals surface area contributed by atoms with E-state index in [9.17, 15) is 9.59 Å². The first-order valence-electron chi connectivity index (χ1n) is 8.84. The first-order valence-corrected chi connectivity index (χ1v) is 8.84. The van der Waals surface area contributed by atoms with Crippen molar-refractivity contribution in [2.75, 3.05) is 19.6 Å². The zero-order valence-electron chi connectivity index (χ0n) is 15.1. The number of hydrogen-bond acceptors (Lipinski definition) is 4. The summed E-state index contributed by atoms with van der Waals surface area (Å²) in [7, 11) is 0. The van der Waals surface area contributed by atoms with E-state index in [0.29, 0.717) is 25.6 Å². The van der Waals surface area contributed by atoms with Gasteiger partial charge in [-0.1, -0.05) is 0 Å². The quantitative estimate of drug-likeness (QED) is 0.854. The van der Waals surface area contributed by atoms with Crippen molar-refractivity contribution in [1.82, 2.24) is 25.3 Å². The second-order valence-corrected chi connectivity index (χ2v) is 7.79. The molecule has 0 bridgehead atoms. The van der Waals surface area contributed by atoms with Crippen LogP contribution >= 0.6 is 0 Å². The Balaban J connectivity index is 1.59. The Bertz CT molecular complexity index is 610. The highest BCUT2D eigenvalue weighted by Gasteiger charge is 2.43. The summed E-state index contributed by atoms with van der Waals surface area (Å²) in [6.07, 6.45) is 3.36. The highest BCUT2D eigenvalue weighted by molar-refractivity contribution is 5.75. The van der Waals surface area contributed by atoms with Gasteiger partial charge in [0.25, 0.3) is 0 Å². The van der Waals surface area contributed by atoms with Crippen LogP contribution in [-0.2, 0) is 11.3 Å². The lowest BCUT2D eigenvalue weighted by atomic mass is 9.92. The zero-order valence-corrected chi connectivity index (χ0v) is 15.1. The van der Waals surface area contributed by atoms with E-state index in [0.717, 1.165) is 25.1 Å². The fourth-order valence-corrected chi connectivity index (χ4v) is 3.56. The largest absolute Gasteiger partial charge is 0.444 e. The smallest absolute Gasteiger partial charge is 0.410 e. The van der Waals surface area contributed by atoms with Gasteiger partial charge in [-0.05, 0) is 45.6 Å². The van der Waals surface area contributed by atoms with Crippen molar-refractivity contribution >= 4 is 12.1 Å². The molecule has 3 rings (SSSR count). The number of carbonyl (C=O) groups excluding carboxylic acids is 2. The molecular formula is C17H27N5O3. The molecule has 138 valence electrons. The van der Waals surface area contributed by atoms with Gasteiger partial charge in [-0.3, -0.25) is 5.10 Å². The molecule has 0 radical (unpaired) electrons. The van der Waals surface area contributed by atoms with Gasteiger partial charge in [0, 0.05) is 25.8 Å². The molecule has 2 saturated heterocycles. The van der Waals surface area contributed by atoms with Crippen LogP contribution in [0.25, 0.3) is 0 Å². The number of fused-ring (bicyclic) bond motifs is 1. The molecule has 2 fully saturated rings. The maximum Gasteiger partial charge on any atom is 0.410 e. The summed E-state index contributed by atoms with van der Waals surface area (Å²) in [6, 6.07) is 1.80. The van der Waals surface area contributed by atoms with E-state index in [4.69, 9.17) is 4.74 Å². The highest BCUT2D eigenvalue weighted by Crippen LogP contribution is 2.31. The number of nitrogens with zero attached hydrogens (tertiary/aromatic N) is 3. The maximum atomic E-state index is 12.6. The number of rotatable bonds is 2. The summed E-state index contributed by atoms with van der Waals surface area (Å²) in [4.78, 5) is 28.5. The second kappa shape index (κ2) is 6.93. The lowest BCUT2D eigenvalue weighted by Crippen LogP contribution is -2.52. The average Bonchev–Trinajstić information content (AvgIpc) is 3.19. The number of likely N-dealkylation sites (tertiary alicyclic amines) is 2. The monoisotopic (exact) mass is 349 g/mol. The third-order valence-corrected chi connectivity index (χ3v) is 4.68. The molecule has 0 aromatic carbocycles. The molecule has 8 nitrogen and oxygen atoms in total. The minimum absolute atomic E-state index is 0.0584. The summed E-state index contributed by atoms with van der Waals surface area (Å²) < 4.78 is 5.48. The number of ether oxygens (including phenoxy) is 1. The molecular weight excluding hydrogens is 322 g/mol. The average molecular weight is 349 g/mol. The summed E-state index contributed by atoms with van der Waals surface area (Å²) in [5.41, 5.74) is 0.357. The van der Waals surface area contributed by atoms with Crippen LogP contribution in [0.5, 0.6) is 0 Å². The molecule has 1 aromatic heterocycles. The third-order valence-electron chi connectivity index (χ3n) is 4.68. The molecule has 2 aliphatic heterocycles. The number of amides is 3. The van der Waals surface area contributed by atoms with Crippen molar-refractivity contribution in [3.8, 4) is 0 Å². The number of urea groups is 1. The molecule has 8 heteroatoms. The number of aromatic amines is 1. The van der Waals surface area contributed by atoms with E-state index in [-0.39, 0.29) is 18.2 Å². The van der Waals surface area contributed by atoms with Crippen LogP contribution in [-0.4, -0.2) is 63.4 Å². The van der Waals surface area contributed by atoms with E-state index in [1.807, 2.05) is 31.7 Å². The molecule has 3 heterocycles. The summed E-state index contributed by atoms with van der Waals surface area (Å²) in [5, 5.41) is 9.64. The standard InChI is InChI=1S/C17H27N5O3/c1-17(2,3)25-16(24)21-10-12-5-4-8-22(14(12)11-21)15(23)18-9-13-6-7-19-20-13/h6-7,12,14H,4-5,8-11H2,1-3H3,(H,18,23)(H,19,20)/t12-,14+/m0/s1. The van der Waals surface area contributed by atoms with Gasteiger partial charge in [0.2, 0.25) is 0 Å². The molecule has 25 heavy (non-hydrogen) atoms. The van der Waals surface area contributed by atoms with Crippen molar-refractivity contribution in [1.29, 1.82) is 0 Å². The van der Waals surface area contributed by atoms with E-state index in [2.05, 4.69) is 15.5 Å². The van der Waals surface area contributed by atoms with Crippen molar-refractivity contribution in [3.05, 3.63) is 18.0 Å². The zero-order chi connectivity index (χ0) is 18.0. The topological polar surface area (TPSA) is 90.6 Å². The van der Waals surface area contributed by atoms with E-state index < -0.39 is 5.60 Å². The Labute approximate surface area is 147 Å². The SMILES string of the molecule is CC(C)(C)OC(=O)N1C[C@@H]2CCCN(C(=O)NCc3ccn[nH]3)[C@@H]2C1. The summed E-state index contributed by atoms with van der Waals surface area (Å²) in [5.74, 6) is 0.319. The molecule has 3 amide bonds. The first-order chi connectivity index (χ1) is 11.8. The van der Waals surface area contributed by atoms with Crippen molar-refractivity contribution < 1.29 is 14.3 Å². The van der Waals surface area contributed by atoms with Crippen LogP contribution in [0, 0.1) is 5.92 Å². The number of aromatic nitrogens is 2. The molecule has 2 N–H and O–H groups in total. The van der Waals surface area contributed by atoms with E-state index in [1.54, 1.807) is 11.1 Å². The molecule has 0 spiro atoms. The molecule has 1 aromatic rings. The van der Waals surface area contributed by atoms with Crippen LogP contribution in [0.3, 0.4) is 0 Å². The van der Waals surface area contributed by atoms with Crippen molar-refractivity contribution in [2.45, 2.75) is 51.8 Å². The van der Waals surface area contributed by atoms with Gasteiger partial charge in [0.1, 0.15) is 5.60 Å². The predicted molar refractivity (Wildman–Crippen MR) is 91.8 cm³/mol. The Hall–Kier alpha value is -2.25. The van der Waals surface area contributed by atoms with Gasteiger partial charge in [0.05, 0.1) is 18.3 Å². The van der Waals surface area contributed by atoms with Gasteiger partial charge in [-0.2, -0.15) is 5.10 Å². The van der Waals surface area contributed by atoms with Crippen LogP contribution in [0.1, 0.15) is 39.3 Å². The lowest BCUT2D eigenvalue weighted by molar-refractivity contribution is 0.0282. The second-order valence-electron chi connectivity index (χ2n) is 7.79. The Kier molecular flexibility index (Phi) is 4.87. The maximum absolute atomic E-state index is 12.6. The third kappa shape index (κ3) is 4.24. The van der Waals surface area contributed by atoms with E-state index >= 15 is 0 Å². The molecule has 2 atom stereocenters. The van der Waals surface area contributed by atoms with Crippen LogP contribution in [0.4, 0.5) is 9.59 Å². The number of hydrogen-bond donors (Lipinski definition) is 2. The van der Waals surface area contributed by atoms with Crippen LogP contribution in [0.2, 0.25) is 0 Å². The summed E-state index contributed by atoms with van der Waals surface area (Å²) >= 11 is 0. The molecule has 0 unspecified atom stereocenters. The Morgan fingerprint density at radius 1 is 1.40 bits per heavy atom. The first kappa shape index (κ1) is 17.6. The van der Waals surface area contributed by atoms with Crippen LogP contribution in [0.15, 0.2) is 12.3 Å². The molecule has 0 saturated carbocycles. The van der Waals surface area contributed by atoms with E-state index in [1.165, 1.54) is 0 Å².